The van der Waals surface area contributed by atoms with Gasteiger partial charge >= 0.3 is 0 Å². The van der Waals surface area contributed by atoms with Crippen LogP contribution >= 0.6 is 0 Å². The monoisotopic (exact) mass is 555 g/mol. The molecule has 2 atom stereocenters. The Bertz CT molecular complexity index is 1340. The standard InChI is InChI=1S/C29H37N3O6S/c1-29(2,3)31-28(34)27(21-11-14-23(37-4)15-12-21)30-18-25(33)22-13-16-26(24(17-22)32-39(5,35)36)38-19-20-9-7-6-8-10-20/h6-17,25,27,30,32-33H,18-19H2,1-5H3,(H,31,34)/t25-,27-/m0/s1. The minimum absolute atomic E-state index is 0.0246. The van der Waals surface area contributed by atoms with Gasteiger partial charge in [-0.05, 0) is 61.7 Å². The van der Waals surface area contributed by atoms with Crippen LogP contribution < -0.4 is 24.8 Å². The molecule has 1 amide bonds. The van der Waals surface area contributed by atoms with Crippen LogP contribution in [-0.4, -0.2) is 44.9 Å². The Labute approximate surface area is 230 Å². The first kappa shape index (κ1) is 29.9. The summed E-state index contributed by atoms with van der Waals surface area (Å²) in [5, 5.41) is 17.1. The lowest BCUT2D eigenvalue weighted by Gasteiger charge is -2.27. The zero-order chi connectivity index (χ0) is 28.6. The number of carbonyl (C=O) groups is 1. The van der Waals surface area contributed by atoms with E-state index in [0.29, 0.717) is 22.6 Å². The molecule has 0 saturated carbocycles. The highest BCUT2D eigenvalue weighted by atomic mass is 32.2. The molecule has 3 aromatic carbocycles. The maximum Gasteiger partial charge on any atom is 0.242 e. The molecule has 9 nitrogen and oxygen atoms in total. The van der Waals surface area contributed by atoms with Crippen LogP contribution in [0.3, 0.4) is 0 Å². The maximum atomic E-state index is 13.1. The summed E-state index contributed by atoms with van der Waals surface area (Å²) < 4.78 is 37.6. The van der Waals surface area contributed by atoms with Crippen molar-refractivity contribution in [1.29, 1.82) is 0 Å². The molecule has 39 heavy (non-hydrogen) atoms. The number of ether oxygens (including phenoxy) is 2. The third-order valence-corrected chi connectivity index (χ3v) is 6.24. The summed E-state index contributed by atoms with van der Waals surface area (Å²) in [5.41, 5.74) is 1.83. The molecular formula is C29H37N3O6S. The molecule has 0 aliphatic carbocycles. The predicted molar refractivity (Wildman–Crippen MR) is 152 cm³/mol. The topological polar surface area (TPSA) is 126 Å². The highest BCUT2D eigenvalue weighted by Crippen LogP contribution is 2.30. The first-order valence-corrected chi connectivity index (χ1v) is 14.4. The number of amides is 1. The van der Waals surface area contributed by atoms with Crippen LogP contribution in [0.25, 0.3) is 0 Å². The summed E-state index contributed by atoms with van der Waals surface area (Å²) in [7, 11) is -2.04. The number of anilines is 1. The average Bonchev–Trinajstić information content (AvgIpc) is 2.87. The Balaban J connectivity index is 1.80. The Kier molecular flexibility index (Phi) is 9.96. The molecule has 210 valence electrons. The normalized spacial score (nSPS) is 13.3. The van der Waals surface area contributed by atoms with Crippen molar-refractivity contribution in [2.45, 2.75) is 45.1 Å². The smallest absolute Gasteiger partial charge is 0.242 e. The molecule has 10 heteroatoms. The van der Waals surface area contributed by atoms with Gasteiger partial charge in [-0.1, -0.05) is 48.5 Å². The lowest BCUT2D eigenvalue weighted by atomic mass is 10.0. The molecule has 0 heterocycles. The van der Waals surface area contributed by atoms with E-state index in [1.165, 1.54) is 6.07 Å². The van der Waals surface area contributed by atoms with Crippen molar-refractivity contribution in [1.82, 2.24) is 10.6 Å². The lowest BCUT2D eigenvalue weighted by Crippen LogP contribution is -2.47. The Morgan fingerprint density at radius 1 is 0.974 bits per heavy atom. The third kappa shape index (κ3) is 9.58. The van der Waals surface area contributed by atoms with Gasteiger partial charge in [0.2, 0.25) is 15.9 Å². The fourth-order valence-electron chi connectivity index (χ4n) is 3.84. The van der Waals surface area contributed by atoms with E-state index in [9.17, 15) is 18.3 Å². The minimum atomic E-state index is -3.61. The minimum Gasteiger partial charge on any atom is -0.497 e. The molecule has 0 spiro atoms. The Morgan fingerprint density at radius 3 is 2.21 bits per heavy atom. The van der Waals surface area contributed by atoms with Gasteiger partial charge in [-0.25, -0.2) is 8.42 Å². The molecule has 3 rings (SSSR count). The number of aliphatic hydroxyl groups excluding tert-OH is 1. The van der Waals surface area contributed by atoms with Crippen LogP contribution in [0.2, 0.25) is 0 Å². The van der Waals surface area contributed by atoms with Crippen molar-refractivity contribution in [2.75, 3.05) is 24.6 Å². The lowest BCUT2D eigenvalue weighted by molar-refractivity contribution is -0.124. The largest absolute Gasteiger partial charge is 0.497 e. The number of hydrogen-bond donors (Lipinski definition) is 4. The molecule has 0 aliphatic heterocycles. The fraction of sp³-hybridized carbons (Fsp3) is 0.345. The van der Waals surface area contributed by atoms with Crippen molar-refractivity contribution in [3.05, 3.63) is 89.5 Å². The van der Waals surface area contributed by atoms with Gasteiger partial charge in [-0.2, -0.15) is 0 Å². The Morgan fingerprint density at radius 2 is 1.62 bits per heavy atom. The maximum absolute atomic E-state index is 13.1. The van der Waals surface area contributed by atoms with Crippen molar-refractivity contribution >= 4 is 21.6 Å². The molecule has 0 saturated heterocycles. The number of carbonyl (C=O) groups excluding carboxylic acids is 1. The number of sulfonamides is 1. The summed E-state index contributed by atoms with van der Waals surface area (Å²) in [5.74, 6) is 0.743. The van der Waals surface area contributed by atoms with Gasteiger partial charge in [-0.15, -0.1) is 0 Å². The third-order valence-electron chi connectivity index (χ3n) is 5.65. The van der Waals surface area contributed by atoms with Crippen molar-refractivity contribution in [3.63, 3.8) is 0 Å². The van der Waals surface area contributed by atoms with Crippen LogP contribution in [-0.2, 0) is 21.4 Å². The van der Waals surface area contributed by atoms with Crippen LogP contribution in [0, 0.1) is 0 Å². The van der Waals surface area contributed by atoms with Crippen molar-refractivity contribution < 1.29 is 27.8 Å². The van der Waals surface area contributed by atoms with E-state index in [0.717, 1.165) is 11.8 Å². The summed E-state index contributed by atoms with van der Waals surface area (Å²) >= 11 is 0. The van der Waals surface area contributed by atoms with Gasteiger partial charge in [0.1, 0.15) is 24.1 Å². The summed E-state index contributed by atoms with van der Waals surface area (Å²) in [6.45, 7) is 5.94. The van der Waals surface area contributed by atoms with Gasteiger partial charge in [0.25, 0.3) is 0 Å². The zero-order valence-electron chi connectivity index (χ0n) is 22.9. The second-order valence-corrected chi connectivity index (χ2v) is 12.0. The van der Waals surface area contributed by atoms with Crippen LogP contribution in [0.1, 0.15) is 49.6 Å². The van der Waals surface area contributed by atoms with Crippen molar-refractivity contribution in [3.8, 4) is 11.5 Å². The highest BCUT2D eigenvalue weighted by Gasteiger charge is 2.25. The van der Waals surface area contributed by atoms with E-state index in [1.807, 2.05) is 51.1 Å². The van der Waals surface area contributed by atoms with E-state index in [2.05, 4.69) is 15.4 Å². The first-order valence-electron chi connectivity index (χ1n) is 12.5. The second kappa shape index (κ2) is 13.0. The van der Waals surface area contributed by atoms with Gasteiger partial charge in [0.05, 0.1) is 25.2 Å². The summed E-state index contributed by atoms with van der Waals surface area (Å²) in [6, 6.07) is 20.7. The fourth-order valence-corrected chi connectivity index (χ4v) is 4.40. The second-order valence-electron chi connectivity index (χ2n) is 10.3. The average molecular weight is 556 g/mol. The molecule has 4 N–H and O–H groups in total. The Hall–Kier alpha value is -3.60. The van der Waals surface area contributed by atoms with Gasteiger partial charge in [0.15, 0.2) is 0 Å². The van der Waals surface area contributed by atoms with Gasteiger partial charge in [0, 0.05) is 12.1 Å². The molecule has 0 bridgehead atoms. The van der Waals surface area contributed by atoms with Crippen molar-refractivity contribution in [2.24, 2.45) is 0 Å². The summed E-state index contributed by atoms with van der Waals surface area (Å²) in [4.78, 5) is 13.1. The van der Waals surface area contributed by atoms with E-state index < -0.39 is 27.7 Å². The van der Waals surface area contributed by atoms with Gasteiger partial charge in [-0.3, -0.25) is 14.8 Å². The molecule has 0 aromatic heterocycles. The van der Waals surface area contributed by atoms with Crippen LogP contribution in [0.4, 0.5) is 5.69 Å². The van der Waals surface area contributed by atoms with Crippen LogP contribution in [0.15, 0.2) is 72.8 Å². The number of methoxy groups -OCH3 is 1. The first-order chi connectivity index (χ1) is 18.3. The van der Waals surface area contributed by atoms with E-state index in [-0.39, 0.29) is 24.7 Å². The SMILES string of the molecule is COc1ccc([C@H](NC[C@H](O)c2ccc(OCc3ccccc3)c(NS(C)(=O)=O)c2)C(=O)NC(C)(C)C)cc1. The highest BCUT2D eigenvalue weighted by molar-refractivity contribution is 7.92. The number of hydrogen-bond acceptors (Lipinski definition) is 7. The summed E-state index contributed by atoms with van der Waals surface area (Å²) in [6.07, 6.45) is 0.00260. The predicted octanol–water partition coefficient (Wildman–Crippen LogP) is 3.92. The molecular weight excluding hydrogens is 518 g/mol. The van der Waals surface area contributed by atoms with Gasteiger partial charge < -0.3 is 19.9 Å². The molecule has 0 aliphatic rings. The van der Waals surface area contributed by atoms with E-state index >= 15 is 0 Å². The number of benzene rings is 3. The molecule has 3 aromatic rings. The molecule has 0 radical (unpaired) electrons. The molecule has 0 fully saturated rings. The number of aliphatic hydroxyl groups is 1. The number of nitrogens with one attached hydrogen (secondary N) is 3. The zero-order valence-corrected chi connectivity index (χ0v) is 23.7. The van der Waals surface area contributed by atoms with Crippen LogP contribution in [0.5, 0.6) is 11.5 Å². The van der Waals surface area contributed by atoms with E-state index in [1.54, 1.807) is 43.5 Å². The quantitative estimate of drug-likeness (QED) is 0.267. The number of rotatable bonds is 12. The van der Waals surface area contributed by atoms with E-state index in [4.69, 9.17) is 9.47 Å². The molecule has 0 unspecified atom stereocenters.